The molecule has 0 saturated heterocycles. The van der Waals surface area contributed by atoms with E-state index in [1.54, 1.807) is 11.3 Å². The first-order valence-electron chi connectivity index (χ1n) is 7.28. The van der Waals surface area contributed by atoms with Crippen LogP contribution in [0, 0.1) is 6.92 Å². The van der Waals surface area contributed by atoms with E-state index in [4.69, 9.17) is 4.98 Å². The van der Waals surface area contributed by atoms with Crippen LogP contribution in [-0.4, -0.2) is 21.5 Å². The Morgan fingerprint density at radius 3 is 2.90 bits per heavy atom. The summed E-state index contributed by atoms with van der Waals surface area (Å²) in [6.07, 6.45) is 5.54. The number of nitrogens with zero attached hydrogens (tertiary/aromatic N) is 3. The molecule has 1 fully saturated rings. The molecular formula is C15H20N4S. The zero-order valence-electron chi connectivity index (χ0n) is 12.0. The highest BCUT2D eigenvalue weighted by atomic mass is 32.1. The van der Waals surface area contributed by atoms with Gasteiger partial charge in [0.2, 0.25) is 0 Å². The van der Waals surface area contributed by atoms with Gasteiger partial charge < -0.3 is 5.32 Å². The highest BCUT2D eigenvalue weighted by Crippen LogP contribution is 2.43. The van der Waals surface area contributed by atoms with Gasteiger partial charge in [-0.3, -0.25) is 0 Å². The van der Waals surface area contributed by atoms with E-state index in [2.05, 4.69) is 22.2 Å². The minimum atomic E-state index is 0.682. The van der Waals surface area contributed by atoms with E-state index in [0.29, 0.717) is 5.92 Å². The van der Waals surface area contributed by atoms with Crippen LogP contribution in [0.25, 0.3) is 10.7 Å². The maximum atomic E-state index is 4.85. The first-order chi connectivity index (χ1) is 9.78. The van der Waals surface area contributed by atoms with Crippen molar-refractivity contribution in [2.45, 2.75) is 45.6 Å². The van der Waals surface area contributed by atoms with Gasteiger partial charge in [0.05, 0.1) is 5.69 Å². The Morgan fingerprint density at radius 1 is 1.35 bits per heavy atom. The Balaban J connectivity index is 1.86. The lowest BCUT2D eigenvalue weighted by Gasteiger charge is -2.01. The van der Waals surface area contributed by atoms with Gasteiger partial charge >= 0.3 is 0 Å². The summed E-state index contributed by atoms with van der Waals surface area (Å²) in [5.41, 5.74) is 2.25. The molecule has 3 rings (SSSR count). The van der Waals surface area contributed by atoms with E-state index in [1.165, 1.54) is 23.4 Å². The molecule has 2 aromatic heterocycles. The lowest BCUT2D eigenvalue weighted by atomic mass is 10.2. The van der Waals surface area contributed by atoms with Crippen molar-refractivity contribution in [3.05, 3.63) is 28.7 Å². The van der Waals surface area contributed by atoms with Crippen molar-refractivity contribution in [1.82, 2.24) is 20.3 Å². The average molecular weight is 288 g/mol. The molecule has 5 heteroatoms. The molecule has 2 aromatic rings. The molecule has 1 aliphatic rings. The van der Waals surface area contributed by atoms with Crippen LogP contribution < -0.4 is 5.32 Å². The molecule has 0 bridgehead atoms. The summed E-state index contributed by atoms with van der Waals surface area (Å²) in [6, 6.07) is 1.95. The van der Waals surface area contributed by atoms with E-state index in [1.807, 2.05) is 19.2 Å². The SMILES string of the molecule is CCCNCc1sc(-c2ccnc(C)n2)nc1C1CC1. The molecule has 0 spiro atoms. The Morgan fingerprint density at radius 2 is 2.20 bits per heavy atom. The van der Waals surface area contributed by atoms with Crippen molar-refractivity contribution in [3.8, 4) is 10.7 Å². The molecule has 20 heavy (non-hydrogen) atoms. The number of rotatable bonds is 6. The van der Waals surface area contributed by atoms with Gasteiger partial charge in [0.1, 0.15) is 16.5 Å². The smallest absolute Gasteiger partial charge is 0.142 e. The van der Waals surface area contributed by atoms with Crippen LogP contribution >= 0.6 is 11.3 Å². The third kappa shape index (κ3) is 3.04. The van der Waals surface area contributed by atoms with Gasteiger partial charge in [-0.15, -0.1) is 11.3 Å². The standard InChI is InChI=1S/C15H20N4S/c1-3-7-16-9-13-14(11-4-5-11)19-15(20-13)12-6-8-17-10(2)18-12/h6,8,11,16H,3-5,7,9H2,1-2H3. The lowest BCUT2D eigenvalue weighted by molar-refractivity contribution is 0.676. The van der Waals surface area contributed by atoms with Crippen LogP contribution in [0.3, 0.4) is 0 Å². The van der Waals surface area contributed by atoms with Crippen molar-refractivity contribution < 1.29 is 0 Å². The monoisotopic (exact) mass is 288 g/mol. The summed E-state index contributed by atoms with van der Waals surface area (Å²) >= 11 is 1.78. The number of aromatic nitrogens is 3. The molecule has 1 saturated carbocycles. The van der Waals surface area contributed by atoms with Gasteiger partial charge in [-0.05, 0) is 38.8 Å². The van der Waals surface area contributed by atoms with Gasteiger partial charge in [0, 0.05) is 23.5 Å². The number of hydrogen-bond donors (Lipinski definition) is 1. The largest absolute Gasteiger partial charge is 0.312 e. The Labute approximate surface area is 123 Å². The van der Waals surface area contributed by atoms with Crippen LogP contribution in [0.5, 0.6) is 0 Å². The molecule has 1 aliphatic carbocycles. The van der Waals surface area contributed by atoms with Gasteiger partial charge in [-0.1, -0.05) is 6.92 Å². The van der Waals surface area contributed by atoms with E-state index in [0.717, 1.165) is 36.0 Å². The fraction of sp³-hybridized carbons (Fsp3) is 0.533. The molecule has 0 aliphatic heterocycles. The third-order valence-corrected chi connectivity index (χ3v) is 4.49. The predicted molar refractivity (Wildman–Crippen MR) is 81.8 cm³/mol. The Kier molecular flexibility index (Phi) is 4.08. The maximum absolute atomic E-state index is 4.85. The van der Waals surface area contributed by atoms with Gasteiger partial charge in [-0.2, -0.15) is 0 Å². The van der Waals surface area contributed by atoms with E-state index in [-0.39, 0.29) is 0 Å². The highest BCUT2D eigenvalue weighted by Gasteiger charge is 2.29. The quantitative estimate of drug-likeness (QED) is 0.829. The first kappa shape index (κ1) is 13.6. The topological polar surface area (TPSA) is 50.7 Å². The zero-order chi connectivity index (χ0) is 13.9. The van der Waals surface area contributed by atoms with Crippen LogP contribution in [0.1, 0.15) is 48.5 Å². The minimum absolute atomic E-state index is 0.682. The predicted octanol–water partition coefficient (Wildman–Crippen LogP) is 3.29. The molecule has 0 atom stereocenters. The van der Waals surface area contributed by atoms with Crippen LogP contribution in [0.4, 0.5) is 0 Å². The number of thiazole rings is 1. The summed E-state index contributed by atoms with van der Waals surface area (Å²) in [7, 11) is 0. The molecule has 106 valence electrons. The molecule has 0 unspecified atom stereocenters. The van der Waals surface area contributed by atoms with E-state index < -0.39 is 0 Å². The van der Waals surface area contributed by atoms with Crippen LogP contribution in [0.2, 0.25) is 0 Å². The maximum Gasteiger partial charge on any atom is 0.142 e. The van der Waals surface area contributed by atoms with Crippen molar-refractivity contribution in [2.75, 3.05) is 6.54 Å². The second-order valence-corrected chi connectivity index (χ2v) is 6.35. The minimum Gasteiger partial charge on any atom is -0.312 e. The summed E-state index contributed by atoms with van der Waals surface area (Å²) in [5.74, 6) is 1.48. The van der Waals surface area contributed by atoms with Crippen molar-refractivity contribution >= 4 is 11.3 Å². The van der Waals surface area contributed by atoms with Crippen LogP contribution in [-0.2, 0) is 6.54 Å². The van der Waals surface area contributed by atoms with Gasteiger partial charge in [0.25, 0.3) is 0 Å². The van der Waals surface area contributed by atoms with Gasteiger partial charge in [0.15, 0.2) is 0 Å². The summed E-state index contributed by atoms with van der Waals surface area (Å²) < 4.78 is 0. The van der Waals surface area contributed by atoms with Crippen molar-refractivity contribution in [2.24, 2.45) is 0 Å². The highest BCUT2D eigenvalue weighted by molar-refractivity contribution is 7.15. The summed E-state index contributed by atoms with van der Waals surface area (Å²) in [4.78, 5) is 14.9. The second-order valence-electron chi connectivity index (χ2n) is 5.27. The average Bonchev–Trinajstić information content (AvgIpc) is 3.20. The number of nitrogens with one attached hydrogen (secondary N) is 1. The third-order valence-electron chi connectivity index (χ3n) is 3.40. The molecular weight excluding hydrogens is 268 g/mol. The van der Waals surface area contributed by atoms with Crippen LogP contribution in [0.15, 0.2) is 12.3 Å². The molecule has 0 radical (unpaired) electrons. The lowest BCUT2D eigenvalue weighted by Crippen LogP contribution is -2.13. The van der Waals surface area contributed by atoms with Crippen molar-refractivity contribution in [3.63, 3.8) is 0 Å². The normalized spacial score (nSPS) is 14.7. The first-order valence-corrected chi connectivity index (χ1v) is 8.10. The number of hydrogen-bond acceptors (Lipinski definition) is 5. The fourth-order valence-corrected chi connectivity index (χ4v) is 3.32. The summed E-state index contributed by atoms with van der Waals surface area (Å²) in [5, 5.41) is 4.52. The second kappa shape index (κ2) is 5.97. The Bertz CT molecular complexity index is 589. The number of aryl methyl sites for hydroxylation is 1. The van der Waals surface area contributed by atoms with E-state index >= 15 is 0 Å². The van der Waals surface area contributed by atoms with Crippen molar-refractivity contribution in [1.29, 1.82) is 0 Å². The molecule has 0 aromatic carbocycles. The van der Waals surface area contributed by atoms with E-state index in [9.17, 15) is 0 Å². The molecule has 4 nitrogen and oxygen atoms in total. The molecule has 2 heterocycles. The fourth-order valence-electron chi connectivity index (χ4n) is 2.23. The molecule has 1 N–H and O–H groups in total. The summed E-state index contributed by atoms with van der Waals surface area (Å²) in [6.45, 7) is 6.10. The zero-order valence-corrected chi connectivity index (χ0v) is 12.8. The Hall–Kier alpha value is -1.33. The molecule has 0 amide bonds. The van der Waals surface area contributed by atoms with Gasteiger partial charge in [-0.25, -0.2) is 15.0 Å².